The highest BCUT2D eigenvalue weighted by Crippen LogP contribution is 2.36. The van der Waals surface area contributed by atoms with Crippen molar-refractivity contribution in [3.63, 3.8) is 0 Å². The van der Waals surface area contributed by atoms with Gasteiger partial charge in [0.05, 0.1) is 6.61 Å². The highest BCUT2D eigenvalue weighted by atomic mass is 19.4. The minimum Gasteiger partial charge on any atom is -0.373 e. The van der Waals surface area contributed by atoms with Gasteiger partial charge in [-0.2, -0.15) is 26.3 Å². The van der Waals surface area contributed by atoms with Crippen molar-refractivity contribution in [3.05, 3.63) is 23.9 Å². The zero-order chi connectivity index (χ0) is 14.7. The van der Waals surface area contributed by atoms with Crippen LogP contribution in [0.3, 0.4) is 0 Å². The molecule has 0 aliphatic rings. The molecule has 0 unspecified atom stereocenters. The van der Waals surface area contributed by atoms with Crippen LogP contribution in [0.15, 0.2) is 18.3 Å². The SMILES string of the molecule is CNc1ncccc1COC(C(F)(F)F)C(F)(F)F. The van der Waals surface area contributed by atoms with Crippen LogP contribution in [0.25, 0.3) is 0 Å². The average molecular weight is 288 g/mol. The maximum atomic E-state index is 12.2. The lowest BCUT2D eigenvalue weighted by molar-refractivity contribution is -0.324. The summed E-state index contributed by atoms with van der Waals surface area (Å²) >= 11 is 0. The number of alkyl halides is 6. The van der Waals surface area contributed by atoms with Crippen molar-refractivity contribution in [2.45, 2.75) is 25.1 Å². The van der Waals surface area contributed by atoms with Crippen LogP contribution in [0.1, 0.15) is 5.56 Å². The molecule has 0 amide bonds. The first-order chi connectivity index (χ1) is 8.66. The lowest BCUT2D eigenvalue weighted by atomic mass is 10.2. The van der Waals surface area contributed by atoms with E-state index in [2.05, 4.69) is 15.0 Å². The van der Waals surface area contributed by atoms with Crippen LogP contribution in [0, 0.1) is 0 Å². The van der Waals surface area contributed by atoms with E-state index in [1.807, 2.05) is 0 Å². The summed E-state index contributed by atoms with van der Waals surface area (Å²) in [7, 11) is 1.44. The van der Waals surface area contributed by atoms with E-state index in [0.29, 0.717) is 0 Å². The Balaban J connectivity index is 2.83. The summed E-state index contributed by atoms with van der Waals surface area (Å²) in [5.74, 6) is 0.158. The largest absolute Gasteiger partial charge is 0.423 e. The van der Waals surface area contributed by atoms with Gasteiger partial charge in [-0.05, 0) is 6.07 Å². The van der Waals surface area contributed by atoms with Gasteiger partial charge in [-0.3, -0.25) is 0 Å². The van der Waals surface area contributed by atoms with Crippen LogP contribution in [0.4, 0.5) is 32.2 Å². The zero-order valence-corrected chi connectivity index (χ0v) is 9.64. The second kappa shape index (κ2) is 5.64. The van der Waals surface area contributed by atoms with E-state index in [1.54, 1.807) is 0 Å². The van der Waals surface area contributed by atoms with E-state index < -0.39 is 25.1 Å². The monoisotopic (exact) mass is 288 g/mol. The fourth-order valence-electron chi connectivity index (χ4n) is 1.33. The molecule has 0 saturated carbocycles. The van der Waals surface area contributed by atoms with Gasteiger partial charge < -0.3 is 10.1 Å². The fourth-order valence-corrected chi connectivity index (χ4v) is 1.33. The third-order valence-electron chi connectivity index (χ3n) is 2.13. The lowest BCUT2D eigenvalue weighted by Gasteiger charge is -2.23. The summed E-state index contributed by atoms with van der Waals surface area (Å²) in [4.78, 5) is 3.75. The molecule has 1 rings (SSSR count). The molecule has 0 saturated heterocycles. The third kappa shape index (κ3) is 4.27. The topological polar surface area (TPSA) is 34.2 Å². The molecule has 0 spiro atoms. The average Bonchev–Trinajstić information content (AvgIpc) is 2.26. The van der Waals surface area contributed by atoms with Crippen LogP contribution in [0.5, 0.6) is 0 Å². The Hall–Kier alpha value is -1.51. The van der Waals surface area contributed by atoms with Crippen molar-refractivity contribution >= 4 is 5.82 Å². The molecule has 1 aromatic heterocycles. The molecule has 1 aromatic rings. The Morgan fingerprint density at radius 1 is 1.21 bits per heavy atom. The van der Waals surface area contributed by atoms with Crippen molar-refractivity contribution in [2.75, 3.05) is 12.4 Å². The van der Waals surface area contributed by atoms with E-state index in [4.69, 9.17) is 0 Å². The van der Waals surface area contributed by atoms with Gasteiger partial charge in [0, 0.05) is 18.8 Å². The molecular weight excluding hydrogens is 278 g/mol. The molecule has 0 fully saturated rings. The van der Waals surface area contributed by atoms with Crippen molar-refractivity contribution in [2.24, 2.45) is 0 Å². The van der Waals surface area contributed by atoms with Crippen LogP contribution in [-0.2, 0) is 11.3 Å². The molecule has 0 aliphatic carbocycles. The quantitative estimate of drug-likeness (QED) is 0.864. The van der Waals surface area contributed by atoms with Gasteiger partial charge in [-0.1, -0.05) is 6.07 Å². The first-order valence-corrected chi connectivity index (χ1v) is 5.03. The fraction of sp³-hybridized carbons (Fsp3) is 0.500. The first-order valence-electron chi connectivity index (χ1n) is 5.03. The first kappa shape index (κ1) is 15.5. The second-order valence-electron chi connectivity index (χ2n) is 3.54. The van der Waals surface area contributed by atoms with Crippen molar-refractivity contribution < 1.29 is 31.1 Å². The van der Waals surface area contributed by atoms with Gasteiger partial charge in [0.2, 0.25) is 6.10 Å². The minimum atomic E-state index is -5.51. The Bertz CT molecular complexity index is 403. The molecule has 0 radical (unpaired) electrons. The number of aromatic nitrogens is 1. The third-order valence-corrected chi connectivity index (χ3v) is 2.13. The molecule has 0 aromatic carbocycles. The number of rotatable bonds is 4. The second-order valence-corrected chi connectivity index (χ2v) is 3.54. The number of halogens is 6. The number of hydrogen-bond acceptors (Lipinski definition) is 3. The molecule has 9 heteroatoms. The van der Waals surface area contributed by atoms with Crippen molar-refractivity contribution in [3.8, 4) is 0 Å². The standard InChI is InChI=1S/C10H10F6N2O/c1-17-7-6(3-2-4-18-7)5-19-8(9(11,12)13)10(14,15)16/h2-4,8H,5H2,1H3,(H,17,18). The highest BCUT2D eigenvalue weighted by molar-refractivity contribution is 5.42. The number of nitrogens with zero attached hydrogens (tertiary/aromatic N) is 1. The smallest absolute Gasteiger partial charge is 0.373 e. The molecule has 1 heterocycles. The molecule has 0 bridgehead atoms. The van der Waals surface area contributed by atoms with Crippen LogP contribution < -0.4 is 5.32 Å². The summed E-state index contributed by atoms with van der Waals surface area (Å²) in [5, 5.41) is 2.54. The van der Waals surface area contributed by atoms with E-state index in [-0.39, 0.29) is 11.4 Å². The zero-order valence-electron chi connectivity index (χ0n) is 9.64. The van der Waals surface area contributed by atoms with Gasteiger partial charge >= 0.3 is 12.4 Å². The summed E-state index contributed by atoms with van der Waals surface area (Å²) in [6.07, 6.45) is -13.5. The lowest BCUT2D eigenvalue weighted by Crippen LogP contribution is -2.44. The number of nitrogens with one attached hydrogen (secondary N) is 1. The Kier molecular flexibility index (Phi) is 4.61. The van der Waals surface area contributed by atoms with Gasteiger partial charge in [0.1, 0.15) is 5.82 Å². The Morgan fingerprint density at radius 3 is 2.26 bits per heavy atom. The van der Waals surface area contributed by atoms with Gasteiger partial charge in [0.25, 0.3) is 0 Å². The van der Waals surface area contributed by atoms with E-state index in [0.717, 1.165) is 0 Å². The number of hydrogen-bond donors (Lipinski definition) is 1. The number of pyridine rings is 1. The minimum absolute atomic E-state index is 0.100. The summed E-state index contributed by atoms with van der Waals surface area (Å²) in [6.45, 7) is -0.853. The highest BCUT2D eigenvalue weighted by Gasteiger charge is 2.57. The van der Waals surface area contributed by atoms with Gasteiger partial charge in [-0.15, -0.1) is 0 Å². The molecule has 1 N–H and O–H groups in total. The Labute approximate surface area is 104 Å². The van der Waals surface area contributed by atoms with E-state index >= 15 is 0 Å². The summed E-state index contributed by atoms with van der Waals surface area (Å²) < 4.78 is 77.3. The molecule has 0 atom stereocenters. The summed E-state index contributed by atoms with van der Waals surface area (Å²) in [5.41, 5.74) is 0.100. The molecule has 19 heavy (non-hydrogen) atoms. The van der Waals surface area contributed by atoms with E-state index in [1.165, 1.54) is 25.4 Å². The van der Waals surface area contributed by atoms with Crippen molar-refractivity contribution in [1.29, 1.82) is 0 Å². The normalized spacial score (nSPS) is 12.8. The molecular formula is C10H10F6N2O. The molecule has 0 aliphatic heterocycles. The molecule has 3 nitrogen and oxygen atoms in total. The predicted molar refractivity (Wildman–Crippen MR) is 54.5 cm³/mol. The van der Waals surface area contributed by atoms with Gasteiger partial charge in [-0.25, -0.2) is 4.98 Å². The predicted octanol–water partition coefficient (Wildman–Crippen LogP) is 3.13. The molecule has 108 valence electrons. The van der Waals surface area contributed by atoms with Crippen molar-refractivity contribution in [1.82, 2.24) is 4.98 Å². The maximum absolute atomic E-state index is 12.2. The Morgan fingerprint density at radius 2 is 1.79 bits per heavy atom. The number of ether oxygens (including phenoxy) is 1. The van der Waals surface area contributed by atoms with Crippen LogP contribution >= 0.6 is 0 Å². The maximum Gasteiger partial charge on any atom is 0.423 e. The van der Waals surface area contributed by atoms with E-state index in [9.17, 15) is 26.3 Å². The van der Waals surface area contributed by atoms with Crippen LogP contribution in [-0.4, -0.2) is 30.5 Å². The van der Waals surface area contributed by atoms with Gasteiger partial charge in [0.15, 0.2) is 0 Å². The van der Waals surface area contributed by atoms with Crippen LogP contribution in [0.2, 0.25) is 0 Å². The number of anilines is 1. The summed E-state index contributed by atoms with van der Waals surface area (Å²) in [6, 6.07) is 2.71.